The SMILES string of the molecule is CCCC[C@H](CC)CN1C(=O)/C(=C/c2ccncc2)SC1=S. The summed E-state index contributed by atoms with van der Waals surface area (Å²) in [6, 6.07) is 3.78. The van der Waals surface area contributed by atoms with Crippen molar-refractivity contribution in [2.45, 2.75) is 39.5 Å². The Kier molecular flexibility index (Phi) is 6.58. The van der Waals surface area contributed by atoms with Crippen LogP contribution in [0.15, 0.2) is 29.4 Å². The summed E-state index contributed by atoms with van der Waals surface area (Å²) in [4.78, 5) is 19.1. The van der Waals surface area contributed by atoms with Crippen molar-refractivity contribution in [2.75, 3.05) is 6.54 Å². The van der Waals surface area contributed by atoms with E-state index in [4.69, 9.17) is 12.2 Å². The Morgan fingerprint density at radius 1 is 1.36 bits per heavy atom. The zero-order chi connectivity index (χ0) is 15.9. The molecular formula is C17H22N2OS2. The second kappa shape index (κ2) is 8.44. The average Bonchev–Trinajstić information content (AvgIpc) is 2.79. The molecule has 0 aliphatic carbocycles. The first kappa shape index (κ1) is 17.2. The molecule has 22 heavy (non-hydrogen) atoms. The zero-order valence-corrected chi connectivity index (χ0v) is 14.8. The van der Waals surface area contributed by atoms with Crippen molar-refractivity contribution in [1.29, 1.82) is 0 Å². The molecule has 0 unspecified atom stereocenters. The number of hydrogen-bond acceptors (Lipinski definition) is 4. The van der Waals surface area contributed by atoms with Crippen LogP contribution in [0.2, 0.25) is 0 Å². The van der Waals surface area contributed by atoms with E-state index in [1.807, 2.05) is 18.2 Å². The van der Waals surface area contributed by atoms with Crippen LogP contribution in [0.5, 0.6) is 0 Å². The van der Waals surface area contributed by atoms with Gasteiger partial charge < -0.3 is 0 Å². The lowest BCUT2D eigenvalue weighted by Crippen LogP contribution is -2.33. The van der Waals surface area contributed by atoms with Gasteiger partial charge in [-0.15, -0.1) is 0 Å². The maximum atomic E-state index is 12.6. The zero-order valence-electron chi connectivity index (χ0n) is 13.1. The minimum absolute atomic E-state index is 0.0433. The fourth-order valence-electron chi connectivity index (χ4n) is 2.44. The third kappa shape index (κ3) is 4.40. The van der Waals surface area contributed by atoms with Gasteiger partial charge in [0.15, 0.2) is 0 Å². The van der Waals surface area contributed by atoms with E-state index in [0.717, 1.165) is 24.9 Å². The summed E-state index contributed by atoms with van der Waals surface area (Å²) in [6.07, 6.45) is 9.99. The molecule has 1 atom stereocenters. The van der Waals surface area contributed by atoms with Crippen LogP contribution in [0.4, 0.5) is 0 Å². The van der Waals surface area contributed by atoms with Crippen molar-refractivity contribution in [3.63, 3.8) is 0 Å². The average molecular weight is 335 g/mol. The first-order valence-corrected chi connectivity index (χ1v) is 9.03. The van der Waals surface area contributed by atoms with Gasteiger partial charge in [-0.05, 0) is 36.1 Å². The predicted octanol–water partition coefficient (Wildman–Crippen LogP) is 4.50. The lowest BCUT2D eigenvalue weighted by molar-refractivity contribution is -0.122. The molecular weight excluding hydrogens is 312 g/mol. The van der Waals surface area contributed by atoms with E-state index in [0.29, 0.717) is 15.1 Å². The van der Waals surface area contributed by atoms with Gasteiger partial charge in [0, 0.05) is 18.9 Å². The van der Waals surface area contributed by atoms with Gasteiger partial charge >= 0.3 is 0 Å². The van der Waals surface area contributed by atoms with Gasteiger partial charge in [0.1, 0.15) is 4.32 Å². The van der Waals surface area contributed by atoms with Gasteiger partial charge in [0.2, 0.25) is 0 Å². The maximum Gasteiger partial charge on any atom is 0.266 e. The molecule has 0 aromatic carbocycles. The Morgan fingerprint density at radius 3 is 2.73 bits per heavy atom. The predicted molar refractivity (Wildman–Crippen MR) is 97.4 cm³/mol. The van der Waals surface area contributed by atoms with Crippen LogP contribution in [0.3, 0.4) is 0 Å². The van der Waals surface area contributed by atoms with Gasteiger partial charge in [0.05, 0.1) is 4.91 Å². The number of aromatic nitrogens is 1. The Balaban J connectivity index is 2.07. The van der Waals surface area contributed by atoms with E-state index in [1.165, 1.54) is 24.6 Å². The van der Waals surface area contributed by atoms with Crippen molar-refractivity contribution in [3.05, 3.63) is 35.0 Å². The highest BCUT2D eigenvalue weighted by molar-refractivity contribution is 8.26. The minimum atomic E-state index is 0.0433. The molecule has 1 saturated heterocycles. The molecule has 0 N–H and O–H groups in total. The molecule has 0 saturated carbocycles. The molecule has 0 spiro atoms. The van der Waals surface area contributed by atoms with E-state index < -0.39 is 0 Å². The summed E-state index contributed by atoms with van der Waals surface area (Å²) in [5.41, 5.74) is 0.980. The Hall–Kier alpha value is -1.20. The standard InChI is InChI=1S/C17H22N2OS2/c1-3-5-6-13(4-2)12-19-16(20)15(22-17(19)21)11-14-7-9-18-10-8-14/h7-11,13H,3-6,12H2,1-2H3/b15-11-/t13-/m0/s1. The van der Waals surface area contributed by atoms with Crippen molar-refractivity contribution in [2.24, 2.45) is 5.92 Å². The number of carbonyl (C=O) groups is 1. The maximum absolute atomic E-state index is 12.6. The number of nitrogens with zero attached hydrogens (tertiary/aromatic N) is 2. The third-order valence-electron chi connectivity index (χ3n) is 3.86. The number of carbonyl (C=O) groups excluding carboxylic acids is 1. The second-order valence-electron chi connectivity index (χ2n) is 5.49. The van der Waals surface area contributed by atoms with E-state index in [1.54, 1.807) is 17.3 Å². The van der Waals surface area contributed by atoms with Gasteiger partial charge in [-0.25, -0.2) is 0 Å². The fraction of sp³-hybridized carbons (Fsp3) is 0.471. The molecule has 0 bridgehead atoms. The summed E-state index contributed by atoms with van der Waals surface area (Å²) in [7, 11) is 0. The largest absolute Gasteiger partial charge is 0.293 e. The van der Waals surface area contributed by atoms with E-state index >= 15 is 0 Å². The van der Waals surface area contributed by atoms with Gasteiger partial charge in [-0.3, -0.25) is 14.7 Å². The van der Waals surface area contributed by atoms with Crippen LogP contribution in [0, 0.1) is 5.92 Å². The minimum Gasteiger partial charge on any atom is -0.293 e. The van der Waals surface area contributed by atoms with Crippen LogP contribution < -0.4 is 0 Å². The molecule has 1 aliphatic heterocycles. The third-order valence-corrected chi connectivity index (χ3v) is 5.24. The van der Waals surface area contributed by atoms with Crippen molar-refractivity contribution >= 4 is 40.3 Å². The quantitative estimate of drug-likeness (QED) is 0.543. The number of pyridine rings is 1. The number of amides is 1. The number of thiocarbonyl (C=S) groups is 1. The normalized spacial score (nSPS) is 18.3. The molecule has 2 rings (SSSR count). The molecule has 1 aliphatic rings. The molecule has 1 fully saturated rings. The van der Waals surface area contributed by atoms with Crippen LogP contribution in [0.25, 0.3) is 6.08 Å². The summed E-state index contributed by atoms with van der Waals surface area (Å²) >= 11 is 6.81. The lowest BCUT2D eigenvalue weighted by atomic mass is 9.99. The molecule has 3 nitrogen and oxygen atoms in total. The topological polar surface area (TPSA) is 33.2 Å². The molecule has 1 amide bonds. The highest BCUT2D eigenvalue weighted by Crippen LogP contribution is 2.33. The van der Waals surface area contributed by atoms with Crippen molar-refractivity contribution < 1.29 is 4.79 Å². The molecule has 5 heteroatoms. The molecule has 118 valence electrons. The first-order chi connectivity index (χ1) is 10.7. The van der Waals surface area contributed by atoms with Gasteiger partial charge in [-0.2, -0.15) is 0 Å². The second-order valence-corrected chi connectivity index (χ2v) is 7.17. The van der Waals surface area contributed by atoms with Crippen molar-refractivity contribution in [1.82, 2.24) is 9.88 Å². The smallest absolute Gasteiger partial charge is 0.266 e. The molecule has 2 heterocycles. The Labute approximate surface area is 142 Å². The van der Waals surface area contributed by atoms with E-state index in [-0.39, 0.29) is 5.91 Å². The fourth-order valence-corrected chi connectivity index (χ4v) is 3.72. The van der Waals surface area contributed by atoms with E-state index in [9.17, 15) is 4.79 Å². The highest BCUT2D eigenvalue weighted by Gasteiger charge is 2.33. The molecule has 1 aromatic heterocycles. The molecule has 1 aromatic rings. The summed E-state index contributed by atoms with van der Waals surface area (Å²) in [6.45, 7) is 5.13. The van der Waals surface area contributed by atoms with Gasteiger partial charge in [-0.1, -0.05) is 57.1 Å². The number of rotatable bonds is 7. The first-order valence-electron chi connectivity index (χ1n) is 7.81. The monoisotopic (exact) mass is 334 g/mol. The van der Waals surface area contributed by atoms with Crippen LogP contribution in [-0.4, -0.2) is 26.7 Å². The summed E-state index contributed by atoms with van der Waals surface area (Å²) < 4.78 is 0.681. The van der Waals surface area contributed by atoms with Gasteiger partial charge in [0.25, 0.3) is 5.91 Å². The highest BCUT2D eigenvalue weighted by atomic mass is 32.2. The van der Waals surface area contributed by atoms with E-state index in [2.05, 4.69) is 18.8 Å². The van der Waals surface area contributed by atoms with Crippen LogP contribution >= 0.6 is 24.0 Å². The lowest BCUT2D eigenvalue weighted by Gasteiger charge is -2.21. The number of thioether (sulfide) groups is 1. The number of hydrogen-bond donors (Lipinski definition) is 0. The van der Waals surface area contributed by atoms with Crippen molar-refractivity contribution in [3.8, 4) is 0 Å². The molecule has 0 radical (unpaired) electrons. The Morgan fingerprint density at radius 2 is 2.09 bits per heavy atom. The summed E-state index contributed by atoms with van der Waals surface area (Å²) in [5, 5.41) is 0. The van der Waals surface area contributed by atoms with Crippen LogP contribution in [0.1, 0.15) is 45.1 Å². The summed E-state index contributed by atoms with van der Waals surface area (Å²) in [5.74, 6) is 0.574. The number of unbranched alkanes of at least 4 members (excludes halogenated alkanes) is 1. The van der Waals surface area contributed by atoms with Crippen LogP contribution in [-0.2, 0) is 4.79 Å². The Bertz CT molecular complexity index is 557.